The van der Waals surface area contributed by atoms with Crippen molar-refractivity contribution in [2.75, 3.05) is 24.6 Å². The smallest absolute Gasteiger partial charge is 0.311 e. The number of anilines is 1. The first-order valence-corrected chi connectivity index (χ1v) is 8.95. The number of esters is 1. The van der Waals surface area contributed by atoms with E-state index in [2.05, 4.69) is 16.8 Å². The molecule has 1 saturated heterocycles. The Bertz CT molecular complexity index is 447. The van der Waals surface area contributed by atoms with Crippen molar-refractivity contribution >= 4 is 22.4 Å². The van der Waals surface area contributed by atoms with Crippen LogP contribution in [0.5, 0.6) is 0 Å². The molecule has 1 unspecified atom stereocenters. The molecule has 0 aromatic carbocycles. The third-order valence-corrected chi connectivity index (χ3v) is 4.94. The van der Waals surface area contributed by atoms with Crippen LogP contribution in [-0.4, -0.2) is 30.6 Å². The predicted octanol–water partition coefficient (Wildman–Crippen LogP) is 3.66. The van der Waals surface area contributed by atoms with Gasteiger partial charge in [0.25, 0.3) is 0 Å². The van der Waals surface area contributed by atoms with E-state index in [0.29, 0.717) is 6.61 Å². The van der Waals surface area contributed by atoms with Crippen molar-refractivity contribution in [1.82, 2.24) is 4.98 Å². The summed E-state index contributed by atoms with van der Waals surface area (Å²) in [6.07, 6.45) is 6.77. The second-order valence-corrected chi connectivity index (χ2v) is 6.51. The van der Waals surface area contributed by atoms with Crippen molar-refractivity contribution in [2.45, 2.75) is 52.4 Å². The maximum Gasteiger partial charge on any atom is 0.311 e. The number of hydrogen-bond acceptors (Lipinski definition) is 5. The Morgan fingerprint density at radius 2 is 2.29 bits per heavy atom. The summed E-state index contributed by atoms with van der Waals surface area (Å²) >= 11 is 1.65. The van der Waals surface area contributed by atoms with Gasteiger partial charge in [-0.2, -0.15) is 0 Å². The Morgan fingerprint density at radius 1 is 1.43 bits per heavy atom. The molecule has 2 heterocycles. The lowest BCUT2D eigenvalue weighted by Gasteiger charge is -2.19. The number of carbonyl (C=O) groups excluding carboxylic acids is 1. The van der Waals surface area contributed by atoms with E-state index >= 15 is 0 Å². The minimum absolute atomic E-state index is 0.187. The molecule has 0 aliphatic carbocycles. The fourth-order valence-electron chi connectivity index (χ4n) is 2.94. The SMILES string of the molecule is CCCC1CCCN(c2nc(CC(=O)OCC)cs2)CC1. The third kappa shape index (κ3) is 4.99. The van der Waals surface area contributed by atoms with Gasteiger partial charge in [-0.1, -0.05) is 19.8 Å². The van der Waals surface area contributed by atoms with Gasteiger partial charge in [0.2, 0.25) is 0 Å². The zero-order valence-electron chi connectivity index (χ0n) is 13.1. The van der Waals surface area contributed by atoms with Crippen LogP contribution in [0.3, 0.4) is 0 Å². The molecule has 0 N–H and O–H groups in total. The zero-order valence-corrected chi connectivity index (χ0v) is 14.0. The Balaban J connectivity index is 1.90. The summed E-state index contributed by atoms with van der Waals surface area (Å²) < 4.78 is 4.97. The molecule has 2 rings (SSSR count). The topological polar surface area (TPSA) is 42.4 Å². The van der Waals surface area contributed by atoms with Crippen LogP contribution in [0.25, 0.3) is 0 Å². The molecule has 21 heavy (non-hydrogen) atoms. The van der Waals surface area contributed by atoms with Gasteiger partial charge in [0.05, 0.1) is 18.7 Å². The van der Waals surface area contributed by atoms with Crippen molar-refractivity contribution in [3.63, 3.8) is 0 Å². The molecular formula is C16H26N2O2S. The minimum atomic E-state index is -0.187. The molecule has 1 aromatic heterocycles. The van der Waals surface area contributed by atoms with Crippen molar-refractivity contribution in [3.05, 3.63) is 11.1 Å². The molecule has 0 spiro atoms. The number of thiazole rings is 1. The van der Waals surface area contributed by atoms with Gasteiger partial charge in [-0.05, 0) is 32.1 Å². The van der Waals surface area contributed by atoms with Gasteiger partial charge < -0.3 is 9.64 Å². The van der Waals surface area contributed by atoms with Crippen molar-refractivity contribution in [3.8, 4) is 0 Å². The molecular weight excluding hydrogens is 284 g/mol. The summed E-state index contributed by atoms with van der Waals surface area (Å²) in [5, 5.41) is 3.05. The molecule has 118 valence electrons. The van der Waals surface area contributed by atoms with Crippen LogP contribution in [-0.2, 0) is 16.0 Å². The summed E-state index contributed by atoms with van der Waals surface area (Å²) in [5.41, 5.74) is 0.836. The average Bonchev–Trinajstić information content (AvgIpc) is 2.78. The lowest BCUT2D eigenvalue weighted by Crippen LogP contribution is -2.24. The third-order valence-electron chi connectivity index (χ3n) is 3.99. The van der Waals surface area contributed by atoms with Gasteiger partial charge in [-0.15, -0.1) is 11.3 Å². The number of nitrogens with zero attached hydrogens (tertiary/aromatic N) is 2. The second kappa shape index (κ2) is 8.37. The van der Waals surface area contributed by atoms with Crippen LogP contribution in [0.2, 0.25) is 0 Å². The first-order chi connectivity index (χ1) is 10.2. The van der Waals surface area contributed by atoms with Crippen LogP contribution in [0, 0.1) is 5.92 Å². The van der Waals surface area contributed by atoms with Gasteiger partial charge in [0, 0.05) is 18.5 Å². The molecule has 0 amide bonds. The molecule has 0 bridgehead atoms. The van der Waals surface area contributed by atoms with E-state index in [4.69, 9.17) is 4.74 Å². The van der Waals surface area contributed by atoms with E-state index < -0.39 is 0 Å². The summed E-state index contributed by atoms with van der Waals surface area (Å²) in [4.78, 5) is 18.5. The molecule has 5 heteroatoms. The van der Waals surface area contributed by atoms with E-state index in [-0.39, 0.29) is 12.4 Å². The van der Waals surface area contributed by atoms with Crippen LogP contribution >= 0.6 is 11.3 Å². The van der Waals surface area contributed by atoms with E-state index in [0.717, 1.165) is 29.8 Å². The Morgan fingerprint density at radius 3 is 3.05 bits per heavy atom. The van der Waals surface area contributed by atoms with E-state index in [9.17, 15) is 4.79 Å². The molecule has 0 radical (unpaired) electrons. The molecule has 1 aromatic rings. The normalized spacial score (nSPS) is 19.3. The van der Waals surface area contributed by atoms with Crippen molar-refractivity contribution < 1.29 is 9.53 Å². The van der Waals surface area contributed by atoms with Gasteiger partial charge in [-0.3, -0.25) is 4.79 Å². The standard InChI is InChI=1S/C16H26N2O2S/c1-3-6-13-7-5-9-18(10-8-13)16-17-14(12-21-16)11-15(19)20-4-2/h12-13H,3-11H2,1-2H3. The second-order valence-electron chi connectivity index (χ2n) is 5.68. The largest absolute Gasteiger partial charge is 0.466 e. The van der Waals surface area contributed by atoms with E-state index in [1.807, 2.05) is 12.3 Å². The zero-order chi connectivity index (χ0) is 15.1. The molecule has 1 aliphatic rings. The minimum Gasteiger partial charge on any atom is -0.466 e. The van der Waals surface area contributed by atoms with E-state index in [1.165, 1.54) is 32.1 Å². The van der Waals surface area contributed by atoms with Gasteiger partial charge in [0.1, 0.15) is 0 Å². The fraction of sp³-hybridized carbons (Fsp3) is 0.750. The summed E-state index contributed by atoms with van der Waals surface area (Å²) in [6, 6.07) is 0. The number of rotatable bonds is 6. The molecule has 1 atom stereocenters. The maximum atomic E-state index is 11.5. The highest BCUT2D eigenvalue weighted by atomic mass is 32.1. The van der Waals surface area contributed by atoms with Gasteiger partial charge >= 0.3 is 5.97 Å². The molecule has 0 saturated carbocycles. The number of aromatic nitrogens is 1. The Kier molecular flexibility index (Phi) is 6.49. The maximum absolute atomic E-state index is 11.5. The van der Waals surface area contributed by atoms with Crippen LogP contribution < -0.4 is 4.90 Å². The monoisotopic (exact) mass is 310 g/mol. The molecule has 4 nitrogen and oxygen atoms in total. The average molecular weight is 310 g/mol. The first-order valence-electron chi connectivity index (χ1n) is 8.07. The Hall–Kier alpha value is -1.10. The van der Waals surface area contributed by atoms with Crippen molar-refractivity contribution in [1.29, 1.82) is 0 Å². The molecule has 1 fully saturated rings. The van der Waals surface area contributed by atoms with Crippen LogP contribution in [0.1, 0.15) is 51.6 Å². The number of hydrogen-bond donors (Lipinski definition) is 0. The highest BCUT2D eigenvalue weighted by Crippen LogP contribution is 2.27. The van der Waals surface area contributed by atoms with Crippen molar-refractivity contribution in [2.24, 2.45) is 5.92 Å². The number of ether oxygens (including phenoxy) is 1. The lowest BCUT2D eigenvalue weighted by atomic mass is 9.96. The van der Waals surface area contributed by atoms with Gasteiger partial charge in [0.15, 0.2) is 5.13 Å². The van der Waals surface area contributed by atoms with Gasteiger partial charge in [-0.25, -0.2) is 4.98 Å². The first kappa shape index (κ1) is 16.3. The highest BCUT2D eigenvalue weighted by molar-refractivity contribution is 7.13. The fourth-order valence-corrected chi connectivity index (χ4v) is 3.82. The summed E-state index contributed by atoms with van der Waals surface area (Å²) in [6.45, 7) is 6.71. The van der Waals surface area contributed by atoms with Crippen LogP contribution in [0.15, 0.2) is 5.38 Å². The van der Waals surface area contributed by atoms with Crippen LogP contribution in [0.4, 0.5) is 5.13 Å². The quantitative estimate of drug-likeness (QED) is 0.752. The molecule has 1 aliphatic heterocycles. The lowest BCUT2D eigenvalue weighted by molar-refractivity contribution is -0.142. The Labute approximate surface area is 131 Å². The summed E-state index contributed by atoms with van der Waals surface area (Å²) in [7, 11) is 0. The highest BCUT2D eigenvalue weighted by Gasteiger charge is 2.19. The number of carbonyl (C=O) groups is 1. The van der Waals surface area contributed by atoms with E-state index in [1.54, 1.807) is 11.3 Å². The predicted molar refractivity (Wildman–Crippen MR) is 86.9 cm³/mol. The summed E-state index contributed by atoms with van der Waals surface area (Å²) in [5.74, 6) is 0.687.